The van der Waals surface area contributed by atoms with Crippen molar-refractivity contribution < 1.29 is 0 Å². The largest absolute Gasteiger partial charge is 0.337 e. The molecule has 0 bridgehead atoms. The molecule has 1 aliphatic heterocycles. The van der Waals surface area contributed by atoms with Crippen LogP contribution in [-0.2, 0) is 20.1 Å². The van der Waals surface area contributed by atoms with E-state index >= 15 is 0 Å². The van der Waals surface area contributed by atoms with Crippen molar-refractivity contribution in [1.29, 1.82) is 0 Å². The fourth-order valence-electron chi connectivity index (χ4n) is 4.69. The highest BCUT2D eigenvalue weighted by atomic mass is 32.1. The second kappa shape index (κ2) is 6.48. The van der Waals surface area contributed by atoms with E-state index in [1.807, 2.05) is 17.5 Å². The maximum atomic E-state index is 4.60. The molecular weight excluding hydrogens is 340 g/mol. The predicted molar refractivity (Wildman–Crippen MR) is 107 cm³/mol. The molecule has 3 aromatic rings. The SMILES string of the molecule is Cn1ccnc1CN(Cc1csc2ccccc12)[C@@H]1CC12CCNCC2. The number of fused-ring (bicyclic) bond motifs is 1. The van der Waals surface area contributed by atoms with E-state index in [1.54, 1.807) is 0 Å². The summed E-state index contributed by atoms with van der Waals surface area (Å²) >= 11 is 1.87. The van der Waals surface area contributed by atoms with Gasteiger partial charge in [-0.1, -0.05) is 18.2 Å². The molecule has 136 valence electrons. The molecule has 2 fully saturated rings. The Balaban J connectivity index is 1.43. The number of nitrogens with one attached hydrogen (secondary N) is 1. The zero-order valence-corrected chi connectivity index (χ0v) is 16.1. The van der Waals surface area contributed by atoms with Crippen molar-refractivity contribution in [2.45, 2.75) is 38.4 Å². The molecule has 5 rings (SSSR count). The van der Waals surface area contributed by atoms with Crippen LogP contribution in [0.3, 0.4) is 0 Å². The van der Waals surface area contributed by atoms with Gasteiger partial charge in [0.15, 0.2) is 0 Å². The first-order valence-corrected chi connectivity index (χ1v) is 10.5. The van der Waals surface area contributed by atoms with Crippen LogP contribution in [0.1, 0.15) is 30.7 Å². The van der Waals surface area contributed by atoms with Gasteiger partial charge >= 0.3 is 0 Å². The van der Waals surface area contributed by atoms with Crippen LogP contribution in [0.2, 0.25) is 0 Å². The van der Waals surface area contributed by atoms with E-state index in [2.05, 4.69) is 62.7 Å². The number of thiophene rings is 1. The third kappa shape index (κ3) is 2.88. The van der Waals surface area contributed by atoms with Crippen LogP contribution < -0.4 is 5.32 Å². The third-order valence-corrected chi connectivity index (χ3v) is 7.40. The summed E-state index contributed by atoms with van der Waals surface area (Å²) in [4.78, 5) is 7.30. The maximum absolute atomic E-state index is 4.60. The Hall–Kier alpha value is -1.69. The number of aryl methyl sites for hydroxylation is 1. The highest BCUT2D eigenvalue weighted by Gasteiger charge is 2.56. The van der Waals surface area contributed by atoms with Gasteiger partial charge in [-0.15, -0.1) is 11.3 Å². The molecule has 5 heteroatoms. The van der Waals surface area contributed by atoms with E-state index in [0.29, 0.717) is 11.5 Å². The smallest absolute Gasteiger partial charge is 0.122 e. The lowest BCUT2D eigenvalue weighted by Gasteiger charge is -2.29. The van der Waals surface area contributed by atoms with Crippen LogP contribution in [0, 0.1) is 5.41 Å². The van der Waals surface area contributed by atoms with Crippen molar-refractivity contribution in [1.82, 2.24) is 19.8 Å². The Labute approximate surface area is 158 Å². The standard InChI is InChI=1S/C21H26N4S/c1-24-11-10-23-20(24)14-25(19-12-21(19)6-8-22-9-7-21)13-16-15-26-18-5-3-2-4-17(16)18/h2-5,10-11,15,19,22H,6-9,12-14H2,1H3/t19-/m1/s1. The first kappa shape index (κ1) is 16.5. The van der Waals surface area contributed by atoms with Gasteiger partial charge in [0.2, 0.25) is 0 Å². The topological polar surface area (TPSA) is 33.1 Å². The van der Waals surface area contributed by atoms with E-state index in [0.717, 1.165) is 13.1 Å². The molecular formula is C21H26N4S. The van der Waals surface area contributed by atoms with Gasteiger partial charge < -0.3 is 9.88 Å². The minimum atomic E-state index is 0.544. The fourth-order valence-corrected chi connectivity index (χ4v) is 5.64. The molecule has 1 N–H and O–H groups in total. The van der Waals surface area contributed by atoms with Crippen LogP contribution in [0.15, 0.2) is 42.0 Å². The van der Waals surface area contributed by atoms with Crippen LogP contribution in [-0.4, -0.2) is 33.6 Å². The molecule has 2 aromatic heterocycles. The van der Waals surface area contributed by atoms with E-state index in [4.69, 9.17) is 0 Å². The van der Waals surface area contributed by atoms with E-state index < -0.39 is 0 Å². The average molecular weight is 367 g/mol. The molecule has 0 radical (unpaired) electrons. The molecule has 2 aliphatic rings. The number of piperidine rings is 1. The summed E-state index contributed by atoms with van der Waals surface area (Å²) in [6.07, 6.45) is 7.96. The number of aromatic nitrogens is 2. The van der Waals surface area contributed by atoms with Gasteiger partial charge in [-0.05, 0) is 60.2 Å². The van der Waals surface area contributed by atoms with Crippen molar-refractivity contribution in [2.75, 3.05) is 13.1 Å². The zero-order valence-electron chi connectivity index (χ0n) is 15.3. The van der Waals surface area contributed by atoms with Crippen LogP contribution in [0.5, 0.6) is 0 Å². The average Bonchev–Trinajstić information content (AvgIpc) is 3.00. The molecule has 1 atom stereocenters. The summed E-state index contributed by atoms with van der Waals surface area (Å²) in [5.41, 5.74) is 2.01. The molecule has 4 nitrogen and oxygen atoms in total. The van der Waals surface area contributed by atoms with E-state index in [1.165, 1.54) is 53.8 Å². The summed E-state index contributed by atoms with van der Waals surface area (Å²) in [6.45, 7) is 4.31. The molecule has 0 unspecified atom stereocenters. The van der Waals surface area contributed by atoms with Gasteiger partial charge in [0.05, 0.1) is 6.54 Å². The van der Waals surface area contributed by atoms with Gasteiger partial charge in [-0.25, -0.2) is 4.98 Å². The first-order valence-electron chi connectivity index (χ1n) is 9.61. The fraction of sp³-hybridized carbons (Fsp3) is 0.476. The summed E-state index contributed by atoms with van der Waals surface area (Å²) in [6, 6.07) is 9.50. The Bertz CT molecular complexity index is 906. The lowest BCUT2D eigenvalue weighted by molar-refractivity contribution is 0.183. The number of imidazole rings is 1. The highest BCUT2D eigenvalue weighted by Crippen LogP contribution is 2.56. The highest BCUT2D eigenvalue weighted by molar-refractivity contribution is 7.17. The molecule has 1 saturated heterocycles. The maximum Gasteiger partial charge on any atom is 0.122 e. The van der Waals surface area contributed by atoms with Gasteiger partial charge in [-0.3, -0.25) is 4.90 Å². The van der Waals surface area contributed by atoms with Crippen molar-refractivity contribution in [3.63, 3.8) is 0 Å². The summed E-state index contributed by atoms with van der Waals surface area (Å²) in [5, 5.41) is 7.30. The van der Waals surface area contributed by atoms with Gasteiger partial charge in [0.25, 0.3) is 0 Å². The van der Waals surface area contributed by atoms with E-state index in [9.17, 15) is 0 Å². The Kier molecular flexibility index (Phi) is 4.11. The number of hydrogen-bond acceptors (Lipinski definition) is 4. The van der Waals surface area contributed by atoms with Gasteiger partial charge in [0.1, 0.15) is 5.82 Å². The number of benzene rings is 1. The second-order valence-electron chi connectivity index (χ2n) is 7.95. The lowest BCUT2D eigenvalue weighted by Crippen LogP contribution is -2.36. The minimum Gasteiger partial charge on any atom is -0.337 e. The molecule has 1 saturated carbocycles. The normalized spacial score (nSPS) is 21.7. The van der Waals surface area contributed by atoms with Crippen LogP contribution >= 0.6 is 11.3 Å². The lowest BCUT2D eigenvalue weighted by atomic mass is 9.93. The predicted octanol–water partition coefficient (Wildman–Crippen LogP) is 3.78. The molecule has 1 spiro atoms. The first-order chi connectivity index (χ1) is 12.8. The number of nitrogens with zero attached hydrogens (tertiary/aromatic N) is 3. The Morgan fingerprint density at radius 2 is 2.12 bits per heavy atom. The van der Waals surface area contributed by atoms with Crippen LogP contribution in [0.25, 0.3) is 10.1 Å². The van der Waals surface area contributed by atoms with Crippen molar-refractivity contribution in [3.8, 4) is 0 Å². The minimum absolute atomic E-state index is 0.544. The zero-order chi connectivity index (χ0) is 17.6. The van der Waals surface area contributed by atoms with Gasteiger partial charge in [0, 0.05) is 36.7 Å². The van der Waals surface area contributed by atoms with Gasteiger partial charge in [-0.2, -0.15) is 0 Å². The molecule has 0 amide bonds. The Morgan fingerprint density at radius 3 is 2.92 bits per heavy atom. The molecule has 1 aliphatic carbocycles. The monoisotopic (exact) mass is 366 g/mol. The summed E-state index contributed by atoms with van der Waals surface area (Å²) in [5.74, 6) is 1.17. The quantitative estimate of drug-likeness (QED) is 0.746. The summed E-state index contributed by atoms with van der Waals surface area (Å²) in [7, 11) is 2.10. The summed E-state index contributed by atoms with van der Waals surface area (Å²) < 4.78 is 3.56. The van der Waals surface area contributed by atoms with Crippen molar-refractivity contribution in [3.05, 3.63) is 53.4 Å². The Morgan fingerprint density at radius 1 is 1.27 bits per heavy atom. The van der Waals surface area contributed by atoms with Crippen molar-refractivity contribution >= 4 is 21.4 Å². The number of hydrogen-bond donors (Lipinski definition) is 1. The second-order valence-corrected chi connectivity index (χ2v) is 8.86. The molecule has 26 heavy (non-hydrogen) atoms. The van der Waals surface area contributed by atoms with Crippen LogP contribution in [0.4, 0.5) is 0 Å². The molecule has 1 aromatic carbocycles. The van der Waals surface area contributed by atoms with Crippen molar-refractivity contribution in [2.24, 2.45) is 12.5 Å². The van der Waals surface area contributed by atoms with E-state index in [-0.39, 0.29) is 0 Å². The number of rotatable bonds is 5. The molecule has 3 heterocycles. The third-order valence-electron chi connectivity index (χ3n) is 6.39.